The molecule has 1 heterocycles. The van der Waals surface area contributed by atoms with Crippen molar-refractivity contribution in [2.75, 3.05) is 6.61 Å². The van der Waals surface area contributed by atoms with Crippen LogP contribution in [0.15, 0.2) is 77.2 Å². The van der Waals surface area contributed by atoms with E-state index in [2.05, 4.69) is 10.3 Å². The molecule has 0 aliphatic heterocycles. The molecule has 0 atom stereocenters. The van der Waals surface area contributed by atoms with Gasteiger partial charge in [0.05, 0.1) is 0 Å². The van der Waals surface area contributed by atoms with Gasteiger partial charge in [-0.3, -0.25) is 4.79 Å². The maximum Gasteiger partial charge on any atom is 0.258 e. The van der Waals surface area contributed by atoms with Crippen LogP contribution >= 0.6 is 0 Å². The lowest BCUT2D eigenvalue weighted by molar-refractivity contribution is -0.123. The summed E-state index contributed by atoms with van der Waals surface area (Å²) in [5.74, 6) is 1.12. The number of carbonyl (C=O) groups excluding carboxylic acids is 1. The molecule has 0 saturated heterocycles. The minimum Gasteiger partial charge on any atom is -0.484 e. The van der Waals surface area contributed by atoms with Gasteiger partial charge in [-0.25, -0.2) is 4.98 Å². The third-order valence-corrected chi connectivity index (χ3v) is 4.34. The van der Waals surface area contributed by atoms with Crippen LogP contribution in [0.5, 0.6) is 5.75 Å². The molecule has 3 aromatic carbocycles. The van der Waals surface area contributed by atoms with Crippen molar-refractivity contribution in [1.82, 2.24) is 10.3 Å². The Labute approximate surface area is 163 Å². The average Bonchev–Trinajstić information content (AvgIpc) is 3.15. The Balaban J connectivity index is 1.32. The van der Waals surface area contributed by atoms with Crippen molar-refractivity contribution in [1.29, 1.82) is 0 Å². The number of ether oxygens (including phenoxy) is 1. The molecule has 0 spiro atoms. The van der Waals surface area contributed by atoms with E-state index in [0.717, 1.165) is 27.8 Å². The fourth-order valence-electron chi connectivity index (χ4n) is 2.87. The Kier molecular flexibility index (Phi) is 5.06. The summed E-state index contributed by atoms with van der Waals surface area (Å²) in [6, 6.07) is 23.1. The number of carbonyl (C=O) groups is 1. The topological polar surface area (TPSA) is 64.4 Å². The number of aryl methyl sites for hydroxylation is 1. The van der Waals surface area contributed by atoms with Crippen LogP contribution in [0.2, 0.25) is 0 Å². The first-order chi connectivity index (χ1) is 13.7. The lowest BCUT2D eigenvalue weighted by atomic mass is 10.1. The van der Waals surface area contributed by atoms with Gasteiger partial charge in [0.2, 0.25) is 5.89 Å². The van der Waals surface area contributed by atoms with E-state index in [0.29, 0.717) is 18.2 Å². The quantitative estimate of drug-likeness (QED) is 0.541. The molecular weight excluding hydrogens is 352 g/mol. The Morgan fingerprint density at radius 2 is 1.86 bits per heavy atom. The molecule has 140 valence electrons. The Morgan fingerprint density at radius 3 is 2.64 bits per heavy atom. The number of rotatable bonds is 6. The number of aromatic nitrogens is 1. The number of para-hydroxylation sites is 2. The normalized spacial score (nSPS) is 10.8. The highest BCUT2D eigenvalue weighted by Gasteiger charge is 2.08. The van der Waals surface area contributed by atoms with Gasteiger partial charge in [-0.2, -0.15) is 0 Å². The molecule has 28 heavy (non-hydrogen) atoms. The summed E-state index contributed by atoms with van der Waals surface area (Å²) in [5.41, 5.74) is 4.58. The Hall–Kier alpha value is -3.60. The second kappa shape index (κ2) is 7.96. The molecule has 4 aromatic rings. The van der Waals surface area contributed by atoms with Gasteiger partial charge in [0.15, 0.2) is 12.2 Å². The fourth-order valence-corrected chi connectivity index (χ4v) is 2.87. The molecule has 5 heteroatoms. The van der Waals surface area contributed by atoms with Crippen LogP contribution in [0, 0.1) is 6.92 Å². The molecule has 0 fully saturated rings. The summed E-state index contributed by atoms with van der Waals surface area (Å²) in [6.45, 7) is 2.41. The van der Waals surface area contributed by atoms with E-state index in [1.807, 2.05) is 79.7 Å². The number of fused-ring (bicyclic) bond motifs is 1. The van der Waals surface area contributed by atoms with Crippen molar-refractivity contribution in [3.63, 3.8) is 0 Å². The van der Waals surface area contributed by atoms with Crippen LogP contribution in [-0.4, -0.2) is 17.5 Å². The fraction of sp³-hybridized carbons (Fsp3) is 0.130. The van der Waals surface area contributed by atoms with Gasteiger partial charge in [0, 0.05) is 12.1 Å². The monoisotopic (exact) mass is 372 g/mol. The first-order valence-electron chi connectivity index (χ1n) is 9.08. The first-order valence-corrected chi connectivity index (χ1v) is 9.08. The van der Waals surface area contributed by atoms with Gasteiger partial charge in [-0.05, 0) is 54.4 Å². The summed E-state index contributed by atoms with van der Waals surface area (Å²) >= 11 is 0. The SMILES string of the molecule is Cc1cccc(OCC(=O)NCc2ccc(-c3nc4ccccc4o3)cc2)c1. The Bertz CT molecular complexity index is 1070. The van der Waals surface area contributed by atoms with E-state index in [9.17, 15) is 4.79 Å². The molecule has 1 amide bonds. The number of amides is 1. The number of hydrogen-bond donors (Lipinski definition) is 1. The van der Waals surface area contributed by atoms with Gasteiger partial charge in [-0.15, -0.1) is 0 Å². The summed E-state index contributed by atoms with van der Waals surface area (Å²) in [7, 11) is 0. The molecule has 0 bridgehead atoms. The van der Waals surface area contributed by atoms with E-state index in [-0.39, 0.29) is 12.5 Å². The molecule has 0 unspecified atom stereocenters. The lowest BCUT2D eigenvalue weighted by Crippen LogP contribution is -2.28. The van der Waals surface area contributed by atoms with Crippen molar-refractivity contribution >= 4 is 17.0 Å². The zero-order chi connectivity index (χ0) is 19.3. The van der Waals surface area contributed by atoms with Crippen molar-refractivity contribution in [3.05, 3.63) is 83.9 Å². The van der Waals surface area contributed by atoms with Gasteiger partial charge in [0.25, 0.3) is 5.91 Å². The molecule has 4 rings (SSSR count). The standard InChI is InChI=1S/C23H20N2O3/c1-16-5-4-6-19(13-16)27-15-22(26)24-14-17-9-11-18(12-10-17)23-25-20-7-2-3-8-21(20)28-23/h2-13H,14-15H2,1H3,(H,24,26). The number of nitrogens with one attached hydrogen (secondary N) is 1. The van der Waals surface area contributed by atoms with E-state index in [1.165, 1.54) is 0 Å². The largest absolute Gasteiger partial charge is 0.484 e. The van der Waals surface area contributed by atoms with Crippen LogP contribution in [0.25, 0.3) is 22.6 Å². The number of hydrogen-bond acceptors (Lipinski definition) is 4. The molecular formula is C23H20N2O3. The number of nitrogens with zero attached hydrogens (tertiary/aromatic N) is 1. The van der Waals surface area contributed by atoms with Crippen molar-refractivity contribution in [2.45, 2.75) is 13.5 Å². The minimum atomic E-state index is -0.162. The van der Waals surface area contributed by atoms with E-state index in [4.69, 9.17) is 9.15 Å². The van der Waals surface area contributed by atoms with Crippen LogP contribution in [-0.2, 0) is 11.3 Å². The molecule has 0 aliphatic rings. The van der Waals surface area contributed by atoms with Gasteiger partial charge in [-0.1, -0.05) is 36.4 Å². The van der Waals surface area contributed by atoms with Crippen LogP contribution in [0.1, 0.15) is 11.1 Å². The smallest absolute Gasteiger partial charge is 0.258 e. The number of oxazole rings is 1. The molecule has 0 aliphatic carbocycles. The van der Waals surface area contributed by atoms with E-state index < -0.39 is 0 Å². The third kappa shape index (κ3) is 4.20. The highest BCUT2D eigenvalue weighted by atomic mass is 16.5. The average molecular weight is 372 g/mol. The zero-order valence-electron chi connectivity index (χ0n) is 15.5. The second-order valence-electron chi connectivity index (χ2n) is 6.57. The highest BCUT2D eigenvalue weighted by molar-refractivity contribution is 5.77. The summed E-state index contributed by atoms with van der Waals surface area (Å²) in [4.78, 5) is 16.5. The van der Waals surface area contributed by atoms with Crippen molar-refractivity contribution < 1.29 is 13.9 Å². The highest BCUT2D eigenvalue weighted by Crippen LogP contribution is 2.24. The maximum absolute atomic E-state index is 12.0. The van der Waals surface area contributed by atoms with Gasteiger partial charge < -0.3 is 14.5 Å². The maximum atomic E-state index is 12.0. The van der Waals surface area contributed by atoms with Gasteiger partial charge >= 0.3 is 0 Å². The predicted molar refractivity (Wildman–Crippen MR) is 108 cm³/mol. The molecule has 0 radical (unpaired) electrons. The first kappa shape index (κ1) is 17.8. The number of benzene rings is 3. The van der Waals surface area contributed by atoms with E-state index >= 15 is 0 Å². The van der Waals surface area contributed by atoms with Crippen molar-refractivity contribution in [3.8, 4) is 17.2 Å². The predicted octanol–water partition coefficient (Wildman–Crippen LogP) is 4.50. The molecule has 1 N–H and O–H groups in total. The zero-order valence-corrected chi connectivity index (χ0v) is 15.5. The van der Waals surface area contributed by atoms with Crippen LogP contribution in [0.4, 0.5) is 0 Å². The summed E-state index contributed by atoms with van der Waals surface area (Å²) in [6.07, 6.45) is 0. The third-order valence-electron chi connectivity index (χ3n) is 4.34. The molecule has 5 nitrogen and oxygen atoms in total. The summed E-state index contributed by atoms with van der Waals surface area (Å²) < 4.78 is 11.3. The van der Waals surface area contributed by atoms with Crippen LogP contribution in [0.3, 0.4) is 0 Å². The van der Waals surface area contributed by atoms with Crippen LogP contribution < -0.4 is 10.1 Å². The second-order valence-corrected chi connectivity index (χ2v) is 6.57. The summed E-state index contributed by atoms with van der Waals surface area (Å²) in [5, 5.41) is 2.86. The molecule has 1 aromatic heterocycles. The Morgan fingerprint density at radius 1 is 1.04 bits per heavy atom. The van der Waals surface area contributed by atoms with E-state index in [1.54, 1.807) is 0 Å². The minimum absolute atomic E-state index is 0.00948. The van der Waals surface area contributed by atoms with Crippen molar-refractivity contribution in [2.24, 2.45) is 0 Å². The molecule has 0 saturated carbocycles. The van der Waals surface area contributed by atoms with Gasteiger partial charge in [0.1, 0.15) is 11.3 Å². The lowest BCUT2D eigenvalue weighted by Gasteiger charge is -2.08.